The molecule has 0 aromatic carbocycles. The van der Waals surface area contributed by atoms with E-state index >= 15 is 0 Å². The van der Waals surface area contributed by atoms with E-state index in [1.165, 1.54) is 0 Å². The highest BCUT2D eigenvalue weighted by Crippen LogP contribution is 2.18. The van der Waals surface area contributed by atoms with Crippen molar-refractivity contribution in [1.29, 1.82) is 0 Å². The van der Waals surface area contributed by atoms with Gasteiger partial charge in [-0.3, -0.25) is 0 Å². The molecule has 0 spiro atoms. The van der Waals surface area contributed by atoms with Crippen molar-refractivity contribution in [1.82, 2.24) is 0 Å². The van der Waals surface area contributed by atoms with E-state index < -0.39 is 0 Å². The van der Waals surface area contributed by atoms with Crippen LogP contribution in [0.25, 0.3) is 0 Å². The predicted octanol–water partition coefficient (Wildman–Crippen LogP) is 1.75. The Morgan fingerprint density at radius 1 is 1.09 bits per heavy atom. The predicted molar refractivity (Wildman–Crippen MR) is 51.7 cm³/mol. The zero-order chi connectivity index (χ0) is 6.69. The van der Waals surface area contributed by atoms with Gasteiger partial charge in [-0.1, -0.05) is 0 Å². The third-order valence-electron chi connectivity index (χ3n) is 2.05. The van der Waals surface area contributed by atoms with Crippen molar-refractivity contribution in [2.75, 3.05) is 7.11 Å². The van der Waals surface area contributed by atoms with Crippen LogP contribution in [0.1, 0.15) is 25.7 Å². The van der Waals surface area contributed by atoms with E-state index in [4.69, 9.17) is 10.5 Å². The highest BCUT2D eigenvalue weighted by molar-refractivity contribution is 5.85. The van der Waals surface area contributed by atoms with Crippen molar-refractivity contribution >= 4 is 24.8 Å². The van der Waals surface area contributed by atoms with Gasteiger partial charge in [-0.15, -0.1) is 24.8 Å². The number of halogens is 2. The third-order valence-corrected chi connectivity index (χ3v) is 2.05. The Morgan fingerprint density at radius 2 is 1.55 bits per heavy atom. The number of rotatable bonds is 1. The van der Waals surface area contributed by atoms with Crippen molar-refractivity contribution in [2.45, 2.75) is 37.8 Å². The fraction of sp³-hybridized carbons (Fsp3) is 1.00. The van der Waals surface area contributed by atoms with Crippen molar-refractivity contribution in [3.63, 3.8) is 0 Å². The average molecular weight is 202 g/mol. The Balaban J connectivity index is 0. The Bertz CT molecular complexity index is 84.5. The van der Waals surface area contributed by atoms with E-state index in [0.29, 0.717) is 12.1 Å². The molecule has 1 rings (SSSR count). The Labute approximate surface area is 80.7 Å². The van der Waals surface area contributed by atoms with Crippen LogP contribution in [-0.2, 0) is 4.74 Å². The fourth-order valence-electron chi connectivity index (χ4n) is 1.32. The van der Waals surface area contributed by atoms with Gasteiger partial charge in [0.05, 0.1) is 6.10 Å². The summed E-state index contributed by atoms with van der Waals surface area (Å²) in [6, 6.07) is 0.441. The van der Waals surface area contributed by atoms with Crippen molar-refractivity contribution in [3.05, 3.63) is 0 Å². The van der Waals surface area contributed by atoms with E-state index in [1.54, 1.807) is 7.11 Å². The minimum atomic E-state index is 0. The monoisotopic (exact) mass is 201 g/mol. The molecule has 0 aromatic rings. The van der Waals surface area contributed by atoms with E-state index in [0.717, 1.165) is 25.7 Å². The molecule has 70 valence electrons. The first kappa shape index (κ1) is 14.0. The maximum atomic E-state index is 5.70. The van der Waals surface area contributed by atoms with Crippen LogP contribution in [0, 0.1) is 0 Å². The minimum Gasteiger partial charge on any atom is -0.381 e. The van der Waals surface area contributed by atoms with Crippen LogP contribution in [0.2, 0.25) is 0 Å². The van der Waals surface area contributed by atoms with E-state index in [-0.39, 0.29) is 24.8 Å². The molecule has 2 N–H and O–H groups in total. The molecule has 0 unspecified atom stereocenters. The SMILES string of the molecule is CO[C@H]1CC[C@H](N)CC1.Cl.Cl. The summed E-state index contributed by atoms with van der Waals surface area (Å²) in [5, 5.41) is 0. The van der Waals surface area contributed by atoms with Crippen LogP contribution in [-0.4, -0.2) is 19.3 Å². The molecule has 1 saturated carbocycles. The van der Waals surface area contributed by atoms with Crippen LogP contribution in [0.15, 0.2) is 0 Å². The first-order valence-electron chi connectivity index (χ1n) is 3.61. The van der Waals surface area contributed by atoms with Crippen LogP contribution in [0.3, 0.4) is 0 Å². The maximum absolute atomic E-state index is 5.70. The van der Waals surface area contributed by atoms with Crippen LogP contribution in [0.4, 0.5) is 0 Å². The summed E-state index contributed by atoms with van der Waals surface area (Å²) in [6.07, 6.45) is 5.07. The molecule has 1 fully saturated rings. The molecule has 2 nitrogen and oxygen atoms in total. The molecular weight excluding hydrogens is 185 g/mol. The Morgan fingerprint density at radius 3 is 1.91 bits per heavy atom. The van der Waals surface area contributed by atoms with Crippen molar-refractivity contribution < 1.29 is 4.74 Å². The summed E-state index contributed by atoms with van der Waals surface area (Å²) in [7, 11) is 1.78. The first-order valence-corrected chi connectivity index (χ1v) is 3.61. The van der Waals surface area contributed by atoms with Gasteiger partial charge in [0.15, 0.2) is 0 Å². The van der Waals surface area contributed by atoms with E-state index in [2.05, 4.69) is 0 Å². The molecule has 0 atom stereocenters. The van der Waals surface area contributed by atoms with Gasteiger partial charge in [-0.2, -0.15) is 0 Å². The topological polar surface area (TPSA) is 35.2 Å². The summed E-state index contributed by atoms with van der Waals surface area (Å²) in [4.78, 5) is 0. The molecule has 0 aromatic heterocycles. The molecule has 0 radical (unpaired) electrons. The molecule has 0 bridgehead atoms. The van der Waals surface area contributed by atoms with Crippen LogP contribution in [0.5, 0.6) is 0 Å². The number of ether oxygens (including phenoxy) is 1. The third kappa shape index (κ3) is 4.86. The van der Waals surface area contributed by atoms with Gasteiger partial charge in [0.25, 0.3) is 0 Å². The molecule has 0 heterocycles. The minimum absolute atomic E-state index is 0. The van der Waals surface area contributed by atoms with Gasteiger partial charge in [-0.25, -0.2) is 0 Å². The van der Waals surface area contributed by atoms with Gasteiger partial charge in [0, 0.05) is 13.2 Å². The summed E-state index contributed by atoms with van der Waals surface area (Å²) in [5.74, 6) is 0. The summed E-state index contributed by atoms with van der Waals surface area (Å²) in [6.45, 7) is 0. The molecule has 11 heavy (non-hydrogen) atoms. The lowest BCUT2D eigenvalue weighted by Gasteiger charge is -2.24. The molecule has 0 saturated heterocycles. The standard InChI is InChI=1S/C7H15NO.2ClH/c1-9-7-4-2-6(8)3-5-7;;/h6-7H,2-5,8H2,1H3;2*1H/t6-,7-;;. The quantitative estimate of drug-likeness (QED) is 0.702. The Kier molecular flexibility index (Phi) is 9.15. The molecule has 4 heteroatoms. The number of nitrogens with two attached hydrogens (primary N) is 1. The normalized spacial score (nSPS) is 30.0. The first-order chi connectivity index (χ1) is 4.33. The Hall–Kier alpha value is 0.500. The van der Waals surface area contributed by atoms with Crippen LogP contribution >= 0.6 is 24.8 Å². The van der Waals surface area contributed by atoms with Crippen molar-refractivity contribution in [3.8, 4) is 0 Å². The van der Waals surface area contributed by atoms with Crippen LogP contribution < -0.4 is 5.73 Å². The zero-order valence-electron chi connectivity index (χ0n) is 6.79. The number of hydrogen-bond donors (Lipinski definition) is 1. The lowest BCUT2D eigenvalue weighted by molar-refractivity contribution is 0.0664. The second-order valence-corrected chi connectivity index (χ2v) is 2.77. The number of hydrogen-bond acceptors (Lipinski definition) is 2. The van der Waals surface area contributed by atoms with Crippen molar-refractivity contribution in [2.24, 2.45) is 5.73 Å². The van der Waals surface area contributed by atoms with Gasteiger partial charge in [0.2, 0.25) is 0 Å². The van der Waals surface area contributed by atoms with E-state index in [9.17, 15) is 0 Å². The summed E-state index contributed by atoms with van der Waals surface area (Å²) < 4.78 is 5.18. The molecular formula is C7H17Cl2NO. The molecule has 1 aliphatic carbocycles. The highest BCUT2D eigenvalue weighted by atomic mass is 35.5. The molecule has 0 amide bonds. The maximum Gasteiger partial charge on any atom is 0.0572 e. The summed E-state index contributed by atoms with van der Waals surface area (Å²) >= 11 is 0. The van der Waals surface area contributed by atoms with Gasteiger partial charge < -0.3 is 10.5 Å². The largest absolute Gasteiger partial charge is 0.381 e. The number of methoxy groups -OCH3 is 1. The lowest BCUT2D eigenvalue weighted by atomic mass is 9.94. The fourth-order valence-corrected chi connectivity index (χ4v) is 1.32. The average Bonchev–Trinajstić information content (AvgIpc) is 1.90. The van der Waals surface area contributed by atoms with Gasteiger partial charge in [0.1, 0.15) is 0 Å². The lowest BCUT2D eigenvalue weighted by Crippen LogP contribution is -2.29. The summed E-state index contributed by atoms with van der Waals surface area (Å²) in [5.41, 5.74) is 5.70. The van der Waals surface area contributed by atoms with Gasteiger partial charge >= 0.3 is 0 Å². The second-order valence-electron chi connectivity index (χ2n) is 2.77. The van der Waals surface area contributed by atoms with Gasteiger partial charge in [-0.05, 0) is 25.7 Å². The molecule has 0 aliphatic heterocycles. The van der Waals surface area contributed by atoms with E-state index in [1.807, 2.05) is 0 Å². The molecule has 1 aliphatic rings. The second kappa shape index (κ2) is 7.17. The highest BCUT2D eigenvalue weighted by Gasteiger charge is 2.16. The zero-order valence-corrected chi connectivity index (χ0v) is 8.42. The smallest absolute Gasteiger partial charge is 0.0572 e.